The second-order valence-electron chi connectivity index (χ2n) is 7.63. The predicted molar refractivity (Wildman–Crippen MR) is 109 cm³/mol. The zero-order chi connectivity index (χ0) is 19.1. The number of amides is 1. The fraction of sp³-hybridized carbons (Fsp3) is 0.500. The minimum atomic E-state index is 0.165. The van der Waals surface area contributed by atoms with Gasteiger partial charge in [-0.25, -0.2) is 14.6 Å². The molecule has 2 N–H and O–H groups in total. The minimum Gasteiger partial charge on any atom is -0.337 e. The number of rotatable bonds is 4. The quantitative estimate of drug-likeness (QED) is 0.731. The van der Waals surface area contributed by atoms with E-state index in [2.05, 4.69) is 16.0 Å². The van der Waals surface area contributed by atoms with Crippen LogP contribution in [0.4, 0.5) is 0 Å². The molecule has 1 aliphatic carbocycles. The Balaban J connectivity index is 1.38. The topological polar surface area (TPSA) is 89.9 Å². The van der Waals surface area contributed by atoms with Crippen LogP contribution < -0.4 is 5.73 Å². The number of carbonyl (C=O) groups is 1. The molecule has 1 unspecified atom stereocenters. The lowest BCUT2D eigenvalue weighted by atomic mass is 9.99. The minimum absolute atomic E-state index is 0.165. The maximum Gasteiger partial charge on any atom is 0.263 e. The van der Waals surface area contributed by atoms with Crippen molar-refractivity contribution in [3.63, 3.8) is 0 Å². The number of thiophene rings is 1. The summed E-state index contributed by atoms with van der Waals surface area (Å²) in [5.74, 6) is 0.357. The van der Waals surface area contributed by atoms with Crippen LogP contribution >= 0.6 is 11.3 Å². The molecular formula is C20H24N6OS. The largest absolute Gasteiger partial charge is 0.337 e. The molecule has 0 saturated carbocycles. The van der Waals surface area contributed by atoms with E-state index in [9.17, 15) is 4.79 Å². The number of likely N-dealkylation sites (tertiary alicyclic amines) is 1. The van der Waals surface area contributed by atoms with Crippen LogP contribution in [0.3, 0.4) is 0 Å². The molecule has 0 radical (unpaired) electrons. The highest BCUT2D eigenvalue weighted by molar-refractivity contribution is 7.14. The smallest absolute Gasteiger partial charge is 0.263 e. The molecule has 0 bridgehead atoms. The van der Waals surface area contributed by atoms with Crippen molar-refractivity contribution in [2.75, 3.05) is 19.6 Å². The summed E-state index contributed by atoms with van der Waals surface area (Å²) in [6, 6.07) is 2.13. The Kier molecular flexibility index (Phi) is 4.60. The maximum atomic E-state index is 13.1. The van der Waals surface area contributed by atoms with Gasteiger partial charge in [0, 0.05) is 42.8 Å². The van der Waals surface area contributed by atoms with Crippen LogP contribution in [0.15, 0.2) is 18.5 Å². The summed E-state index contributed by atoms with van der Waals surface area (Å²) < 4.78 is 1.84. The van der Waals surface area contributed by atoms with Crippen molar-refractivity contribution in [1.82, 2.24) is 24.6 Å². The van der Waals surface area contributed by atoms with Crippen molar-refractivity contribution in [2.24, 2.45) is 5.73 Å². The van der Waals surface area contributed by atoms with Crippen LogP contribution in [0.2, 0.25) is 0 Å². The van der Waals surface area contributed by atoms with Gasteiger partial charge in [-0.2, -0.15) is 5.10 Å². The first kappa shape index (κ1) is 17.8. The molecule has 1 aliphatic heterocycles. The second kappa shape index (κ2) is 7.25. The molecule has 3 aromatic heterocycles. The van der Waals surface area contributed by atoms with Crippen LogP contribution in [0.5, 0.6) is 0 Å². The molecule has 1 fully saturated rings. The van der Waals surface area contributed by atoms with E-state index in [-0.39, 0.29) is 11.8 Å². The number of nitrogens with two attached hydrogens (primary N) is 1. The first-order valence-electron chi connectivity index (χ1n) is 10.0. The molecule has 7 nitrogen and oxygen atoms in total. The Hall–Kier alpha value is -2.32. The predicted octanol–water partition coefficient (Wildman–Crippen LogP) is 2.35. The van der Waals surface area contributed by atoms with Gasteiger partial charge in [0.15, 0.2) is 5.65 Å². The average molecular weight is 397 g/mol. The Morgan fingerprint density at radius 2 is 2.11 bits per heavy atom. The highest BCUT2D eigenvalue weighted by Crippen LogP contribution is 2.34. The molecule has 2 aliphatic rings. The van der Waals surface area contributed by atoms with E-state index < -0.39 is 0 Å². The third-order valence-corrected chi connectivity index (χ3v) is 7.03. The molecule has 5 rings (SSSR count). The van der Waals surface area contributed by atoms with E-state index in [1.54, 1.807) is 23.7 Å². The number of hydrogen-bond acceptors (Lipinski definition) is 6. The van der Waals surface area contributed by atoms with Gasteiger partial charge in [0.1, 0.15) is 5.52 Å². The molecule has 0 spiro atoms. The van der Waals surface area contributed by atoms with E-state index in [0.717, 1.165) is 47.5 Å². The maximum absolute atomic E-state index is 13.1. The first-order valence-corrected chi connectivity index (χ1v) is 10.8. The molecule has 146 valence electrons. The standard InChI is InChI=1S/C20H24N6OS/c21-6-10-26-19-18(22-7-8-23-19)17(24-26)14-5-9-25(12-14)20(27)16-11-13-3-1-2-4-15(13)28-16/h7-8,11,14H,1-6,9-10,12,21H2. The van der Waals surface area contributed by atoms with E-state index in [1.807, 2.05) is 9.58 Å². The molecule has 1 amide bonds. The van der Waals surface area contributed by atoms with Crippen molar-refractivity contribution < 1.29 is 4.79 Å². The van der Waals surface area contributed by atoms with Crippen LogP contribution in [-0.4, -0.2) is 50.2 Å². The van der Waals surface area contributed by atoms with E-state index in [1.165, 1.54) is 23.3 Å². The SMILES string of the molecule is NCCn1nc(C2CCN(C(=O)c3cc4c(s3)CCCC4)C2)c2nccnc21. The van der Waals surface area contributed by atoms with Gasteiger partial charge in [0.2, 0.25) is 0 Å². The molecule has 3 aromatic rings. The third-order valence-electron chi connectivity index (χ3n) is 5.80. The van der Waals surface area contributed by atoms with Gasteiger partial charge >= 0.3 is 0 Å². The summed E-state index contributed by atoms with van der Waals surface area (Å²) in [4.78, 5) is 26.3. The molecule has 1 atom stereocenters. The number of aryl methyl sites for hydroxylation is 2. The van der Waals surface area contributed by atoms with Crippen molar-refractivity contribution in [3.8, 4) is 0 Å². The molecule has 0 aromatic carbocycles. The van der Waals surface area contributed by atoms with Crippen molar-refractivity contribution in [1.29, 1.82) is 0 Å². The summed E-state index contributed by atoms with van der Waals surface area (Å²) in [5, 5.41) is 4.76. The van der Waals surface area contributed by atoms with E-state index >= 15 is 0 Å². The van der Waals surface area contributed by atoms with Gasteiger partial charge in [0.25, 0.3) is 5.91 Å². The summed E-state index contributed by atoms with van der Waals surface area (Å²) in [6.07, 6.45) is 9.01. The second-order valence-corrected chi connectivity index (χ2v) is 8.77. The number of fused-ring (bicyclic) bond motifs is 2. The Morgan fingerprint density at radius 3 is 2.96 bits per heavy atom. The Bertz CT molecular complexity index is 1000. The zero-order valence-corrected chi connectivity index (χ0v) is 16.6. The lowest BCUT2D eigenvalue weighted by molar-refractivity contribution is 0.0795. The number of hydrogen-bond donors (Lipinski definition) is 1. The summed E-state index contributed by atoms with van der Waals surface area (Å²) in [5.41, 5.74) is 9.66. The number of carbonyl (C=O) groups excluding carboxylic acids is 1. The number of aromatic nitrogens is 4. The summed E-state index contributed by atoms with van der Waals surface area (Å²) >= 11 is 1.69. The highest BCUT2D eigenvalue weighted by Gasteiger charge is 2.32. The van der Waals surface area contributed by atoms with Crippen LogP contribution in [0.1, 0.15) is 51.0 Å². The average Bonchev–Trinajstić information content (AvgIpc) is 3.44. The first-order chi connectivity index (χ1) is 13.7. The van der Waals surface area contributed by atoms with Crippen LogP contribution in [0, 0.1) is 0 Å². The van der Waals surface area contributed by atoms with Crippen molar-refractivity contribution in [2.45, 2.75) is 44.6 Å². The van der Waals surface area contributed by atoms with E-state index in [0.29, 0.717) is 19.6 Å². The van der Waals surface area contributed by atoms with Crippen molar-refractivity contribution >= 4 is 28.4 Å². The van der Waals surface area contributed by atoms with Gasteiger partial charge in [-0.05, 0) is 43.7 Å². The van der Waals surface area contributed by atoms with Crippen LogP contribution in [0.25, 0.3) is 11.2 Å². The normalized spacial score (nSPS) is 19.3. The van der Waals surface area contributed by atoms with Gasteiger partial charge in [-0.1, -0.05) is 0 Å². The monoisotopic (exact) mass is 396 g/mol. The molecule has 28 heavy (non-hydrogen) atoms. The number of nitrogens with zero attached hydrogens (tertiary/aromatic N) is 5. The molecule has 4 heterocycles. The van der Waals surface area contributed by atoms with Crippen LogP contribution in [-0.2, 0) is 19.4 Å². The third kappa shape index (κ3) is 3.00. The van der Waals surface area contributed by atoms with Gasteiger partial charge in [-0.3, -0.25) is 4.79 Å². The van der Waals surface area contributed by atoms with Gasteiger partial charge < -0.3 is 10.6 Å². The molecular weight excluding hydrogens is 372 g/mol. The zero-order valence-electron chi connectivity index (χ0n) is 15.8. The molecule has 8 heteroatoms. The fourth-order valence-electron chi connectivity index (χ4n) is 4.40. The highest BCUT2D eigenvalue weighted by atomic mass is 32.1. The van der Waals surface area contributed by atoms with Gasteiger partial charge in [0.05, 0.1) is 17.1 Å². The summed E-state index contributed by atoms with van der Waals surface area (Å²) in [6.45, 7) is 2.57. The van der Waals surface area contributed by atoms with Gasteiger partial charge in [-0.15, -0.1) is 11.3 Å². The lowest BCUT2D eigenvalue weighted by Gasteiger charge is -2.15. The van der Waals surface area contributed by atoms with E-state index in [4.69, 9.17) is 10.8 Å². The Morgan fingerprint density at radius 1 is 1.25 bits per heavy atom. The Labute approximate surface area is 167 Å². The van der Waals surface area contributed by atoms with Crippen molar-refractivity contribution in [3.05, 3.63) is 39.5 Å². The molecule has 1 saturated heterocycles. The lowest BCUT2D eigenvalue weighted by Crippen LogP contribution is -2.27. The fourth-order valence-corrected chi connectivity index (χ4v) is 5.62. The summed E-state index contributed by atoms with van der Waals surface area (Å²) in [7, 11) is 0.